The van der Waals surface area contributed by atoms with Crippen molar-refractivity contribution in [2.75, 3.05) is 0 Å². The fourth-order valence-electron chi connectivity index (χ4n) is 3.58. The van der Waals surface area contributed by atoms with Gasteiger partial charge in [-0.05, 0) is 44.9 Å². The highest BCUT2D eigenvalue weighted by atomic mass is 33.5. The topological polar surface area (TPSA) is 31.4 Å². The second kappa shape index (κ2) is 37.5. The minimum atomic E-state index is -0.442. The van der Waals surface area contributed by atoms with Gasteiger partial charge in [-0.25, -0.2) is 0 Å². The van der Waals surface area contributed by atoms with Crippen molar-refractivity contribution in [1.82, 2.24) is 4.98 Å². The average Bonchev–Trinajstić information content (AvgIpc) is 3.47. The van der Waals surface area contributed by atoms with Gasteiger partial charge in [-0.1, -0.05) is 60.7 Å². The van der Waals surface area contributed by atoms with Crippen molar-refractivity contribution in [2.45, 2.75) is 38.9 Å². The van der Waals surface area contributed by atoms with E-state index in [0.29, 0.717) is 0 Å². The molecule has 0 atom stereocenters. The SMILES string of the molecule is CC1(C)OB(c2cnc(-c3ccccc3)cc2-c2ccccc2)OC1(C)C.S=S=S=S=S=S=S=S=S=S=S=S=S=S=S=S=S=S=S=S=S=S=S=S=S=S=S=S=S=S=S=S. The molecule has 1 aliphatic heterocycles. The minimum absolute atomic E-state index is 0.385. The second-order valence-electron chi connectivity index (χ2n) is 10.0. The summed E-state index contributed by atoms with van der Waals surface area (Å²) in [6, 6.07) is 22.7. The molecule has 1 saturated heterocycles. The van der Waals surface area contributed by atoms with Gasteiger partial charge in [-0.15, -0.1) is 0 Å². The Kier molecular flexibility index (Phi) is 36.8. The maximum absolute atomic E-state index is 6.30. The van der Waals surface area contributed by atoms with Crippen LogP contribution in [0.3, 0.4) is 0 Å². The summed E-state index contributed by atoms with van der Waals surface area (Å²) in [4.78, 5) is 4.72. The molecule has 1 aliphatic rings. The molecule has 36 heteroatoms. The summed E-state index contributed by atoms with van der Waals surface area (Å²) in [6.07, 6.45) is 1.90. The van der Waals surface area contributed by atoms with Crippen molar-refractivity contribution < 1.29 is 9.31 Å². The zero-order valence-electron chi connectivity index (χ0n) is 29.3. The molecule has 0 unspecified atom stereocenters. The van der Waals surface area contributed by atoms with E-state index in [2.05, 4.69) is 58.0 Å². The van der Waals surface area contributed by atoms with E-state index < -0.39 is 7.12 Å². The normalized spacial score (nSPS) is 12.3. The summed E-state index contributed by atoms with van der Waals surface area (Å²) in [7, 11) is 52.3. The summed E-state index contributed by atoms with van der Waals surface area (Å²) < 4.78 is 12.6. The molecule has 328 valence electrons. The number of rotatable bonds is 3. The van der Waals surface area contributed by atoms with Crippen LogP contribution in [0.4, 0.5) is 0 Å². The lowest BCUT2D eigenvalue weighted by Crippen LogP contribution is -2.41. The minimum Gasteiger partial charge on any atom is -0.399 e. The Morgan fingerprint density at radius 1 is 0.424 bits per heavy atom. The van der Waals surface area contributed by atoms with Crippen molar-refractivity contribution in [3.05, 3.63) is 72.9 Å². The van der Waals surface area contributed by atoms with E-state index in [1.807, 2.05) is 185 Å². The van der Waals surface area contributed by atoms with Crippen molar-refractivity contribution >= 4 is 301 Å². The third-order valence-corrected chi connectivity index (χ3v) is 70.8. The molecule has 3 aromatic rings. The summed E-state index contributed by atoms with van der Waals surface area (Å²) in [6.45, 7) is 8.28. The monoisotopic (exact) mass is 1380 g/mol. The first-order valence-electron chi connectivity index (χ1n) is 14.5. The van der Waals surface area contributed by atoms with Crippen LogP contribution in [-0.2, 0) is 298 Å². The van der Waals surface area contributed by atoms with Crippen LogP contribution in [0.5, 0.6) is 0 Å². The summed E-state index contributed by atoms with van der Waals surface area (Å²) in [5, 5.41) is 0. The molecule has 0 amide bonds. The van der Waals surface area contributed by atoms with Crippen molar-refractivity contribution in [2.24, 2.45) is 0 Å². The molecule has 0 N–H and O–H groups in total. The molecule has 2 aromatic carbocycles. The molecule has 0 bridgehead atoms. The summed E-state index contributed by atoms with van der Waals surface area (Å²) >= 11 is 9.58. The van der Waals surface area contributed by atoms with Gasteiger partial charge in [0.05, 0.1) is 16.9 Å². The van der Waals surface area contributed by atoms with Crippen LogP contribution in [0.2, 0.25) is 0 Å². The number of hydrogen-bond donors (Lipinski definition) is 0. The fraction of sp³-hybridized carbons (Fsp3) is 0.261. The highest BCUT2D eigenvalue weighted by Gasteiger charge is 2.52. The first kappa shape index (κ1) is 57.9. The van der Waals surface area contributed by atoms with E-state index in [-0.39, 0.29) is 11.2 Å². The van der Waals surface area contributed by atoms with Gasteiger partial charge >= 0.3 is 7.12 Å². The van der Waals surface area contributed by atoms with Gasteiger partial charge in [-0.2, -0.15) is 0 Å². The quantitative estimate of drug-likeness (QED) is 0.358. The van der Waals surface area contributed by atoms with Crippen molar-refractivity contribution in [1.29, 1.82) is 0 Å². The van der Waals surface area contributed by atoms with Crippen LogP contribution in [0.15, 0.2) is 72.9 Å². The Hall–Kier alpha value is 4.61. The van der Waals surface area contributed by atoms with E-state index in [1.165, 1.54) is 17.8 Å². The lowest BCUT2D eigenvalue weighted by molar-refractivity contribution is 0.00578. The van der Waals surface area contributed by atoms with Crippen molar-refractivity contribution in [3.63, 3.8) is 0 Å². The smallest absolute Gasteiger partial charge is 0.399 e. The molecule has 0 saturated carbocycles. The predicted molar refractivity (Wildman–Crippen MR) is 347 cm³/mol. The zero-order chi connectivity index (χ0) is 42.3. The van der Waals surface area contributed by atoms with Gasteiger partial charge in [-0.3, -0.25) is 4.98 Å². The third kappa shape index (κ3) is 26.3. The van der Waals surface area contributed by atoms with E-state index in [0.717, 1.165) is 27.8 Å². The maximum Gasteiger partial charge on any atom is 0.497 e. The van der Waals surface area contributed by atoms with Gasteiger partial charge in [0.2, 0.25) is 0 Å². The van der Waals surface area contributed by atoms with Crippen molar-refractivity contribution in [3.8, 4) is 22.4 Å². The Bertz CT molecular complexity index is 3210. The number of nitrogens with zero attached hydrogens (tertiary/aromatic N) is 1. The molecule has 2 heterocycles. The second-order valence-corrected chi connectivity index (χ2v) is 63.1. The molecular formula is C23H24BNO2S32. The van der Waals surface area contributed by atoms with E-state index in [9.17, 15) is 0 Å². The van der Waals surface area contributed by atoms with E-state index >= 15 is 0 Å². The van der Waals surface area contributed by atoms with Crippen LogP contribution < -0.4 is 5.46 Å². The molecule has 1 fully saturated rings. The number of pyridine rings is 1. The van der Waals surface area contributed by atoms with E-state index in [4.69, 9.17) is 36.7 Å². The third-order valence-electron chi connectivity index (χ3n) is 6.40. The number of benzene rings is 2. The molecule has 4 rings (SSSR count). The zero-order valence-corrected chi connectivity index (χ0v) is 55.5. The maximum atomic E-state index is 6.30. The molecular weight excluding hydrogens is 1360 g/mol. The van der Waals surface area contributed by atoms with Crippen LogP contribution in [0.25, 0.3) is 22.4 Å². The van der Waals surface area contributed by atoms with Gasteiger partial charge < -0.3 is 9.31 Å². The Labute approximate surface area is 440 Å². The van der Waals surface area contributed by atoms with Gasteiger partial charge in [0.15, 0.2) is 0 Å². The van der Waals surface area contributed by atoms with Crippen LogP contribution in [0, 0.1) is 0 Å². The average molecular weight is 1380 g/mol. The summed E-state index contributed by atoms with van der Waals surface area (Å²) in [5.74, 6) is 0. The Morgan fingerprint density at radius 3 is 1.02 bits per heavy atom. The predicted octanol–water partition coefficient (Wildman–Crippen LogP) is 4.64. The Morgan fingerprint density at radius 2 is 0.712 bits per heavy atom. The highest BCUT2D eigenvalue weighted by Crippen LogP contribution is 2.37. The lowest BCUT2D eigenvalue weighted by Gasteiger charge is -2.32. The van der Waals surface area contributed by atoms with Crippen LogP contribution >= 0.6 is 0 Å². The molecule has 3 nitrogen and oxygen atoms in total. The Balaban J connectivity index is 0.000000318. The molecule has 59 heavy (non-hydrogen) atoms. The number of aromatic nitrogens is 1. The van der Waals surface area contributed by atoms with Gasteiger partial charge in [0.1, 0.15) is 0 Å². The molecule has 0 radical (unpaired) electrons. The van der Waals surface area contributed by atoms with E-state index in [1.54, 1.807) is 107 Å². The molecule has 1 aromatic heterocycles. The van der Waals surface area contributed by atoms with Gasteiger partial charge in [0, 0.05) is 306 Å². The largest absolute Gasteiger partial charge is 0.497 e. The number of hydrogen-bond acceptors (Lipinski definition) is 5. The molecule has 0 spiro atoms. The summed E-state index contributed by atoms with van der Waals surface area (Å²) in [5.41, 5.74) is 4.43. The standard InChI is InChI=1S/C23H24BNO2.S32/c1-22(2)23(3,4)27-24(26-22)20-16-25-21(18-13-9-6-10-14-18)15-19(20)17-11-7-5-8-12-17;1-3-5-7-9-11-13-15-17-19-21-23-25-27-29-31-32-30-28-26-24-22-20-18-16-14-12-10-8-6-4-2/h5-16H,1-4H3;. The first-order valence-corrected chi connectivity index (χ1v) is 55.8. The molecule has 0 aliphatic carbocycles. The lowest BCUT2D eigenvalue weighted by atomic mass is 9.75. The van der Waals surface area contributed by atoms with Crippen LogP contribution in [0.1, 0.15) is 27.7 Å². The fourth-order valence-corrected chi connectivity index (χ4v) is 80.4. The van der Waals surface area contributed by atoms with Gasteiger partial charge in [0.25, 0.3) is 0 Å². The highest BCUT2D eigenvalue weighted by molar-refractivity contribution is 8.80. The van der Waals surface area contributed by atoms with Crippen LogP contribution in [-0.4, -0.2) is 23.3 Å². The first-order chi connectivity index (χ1) is 28.8.